The van der Waals surface area contributed by atoms with Crippen LogP contribution in [-0.4, -0.2) is 0 Å². The first kappa shape index (κ1) is 11.7. The van der Waals surface area contributed by atoms with Gasteiger partial charge in [0, 0.05) is 9.83 Å². The van der Waals surface area contributed by atoms with Crippen LogP contribution in [0.3, 0.4) is 0 Å². The lowest BCUT2D eigenvalue weighted by molar-refractivity contribution is 0.333. The fraction of sp³-hybridized carbons (Fsp3) is 0.143. The van der Waals surface area contributed by atoms with Gasteiger partial charge in [-0.25, -0.2) is 4.57 Å². The molecule has 0 N–H and O–H groups in total. The minimum absolute atomic E-state index is 0.469. The van der Waals surface area contributed by atoms with Gasteiger partial charge in [-0.15, -0.1) is 0 Å². The predicted molar refractivity (Wildman–Crippen MR) is 64.4 cm³/mol. The van der Waals surface area contributed by atoms with Crippen LogP contribution in [0.4, 0.5) is 0 Å². The molecule has 1 aromatic rings. The van der Waals surface area contributed by atoms with Gasteiger partial charge in [-0.1, -0.05) is 17.7 Å². The van der Waals surface area contributed by atoms with Gasteiger partial charge in [0.05, 0.1) is 22.1 Å². The summed E-state index contributed by atoms with van der Waals surface area (Å²) in [6, 6.07) is 7.17. The molecule has 82 valence electrons. The van der Waals surface area contributed by atoms with E-state index in [4.69, 9.17) is 12.5 Å². The quantitative estimate of drug-likeness (QED) is 0.453. The second-order valence-corrected chi connectivity index (χ2v) is 7.83. The van der Waals surface area contributed by atoms with Crippen LogP contribution in [0.15, 0.2) is 24.3 Å². The highest BCUT2D eigenvalue weighted by Gasteiger charge is 2.34. The van der Waals surface area contributed by atoms with Gasteiger partial charge in [-0.05, 0) is 19.1 Å². The van der Waals surface area contributed by atoms with Gasteiger partial charge in [0.1, 0.15) is 5.75 Å². The summed E-state index contributed by atoms with van der Waals surface area (Å²) in [5.74, 6) is 0.469. The van der Waals surface area contributed by atoms with Crippen LogP contribution >= 0.6 is 39.8 Å². The molecule has 0 spiro atoms. The monoisotopic (exact) mass is 282 g/mol. The van der Waals surface area contributed by atoms with Gasteiger partial charge in [-0.3, -0.25) is 0 Å². The molecule has 1 fully saturated rings. The molecule has 0 atom stereocenters. The highest BCUT2D eigenvalue weighted by Crippen LogP contribution is 2.65. The summed E-state index contributed by atoms with van der Waals surface area (Å²) in [6.45, 7) is 1.96. The summed E-state index contributed by atoms with van der Waals surface area (Å²) in [5.41, 5.74) is 1.10. The molecule has 0 unspecified atom stereocenters. The fourth-order valence-electron chi connectivity index (χ4n) is 0.882. The van der Waals surface area contributed by atoms with Crippen molar-refractivity contribution >= 4 is 39.8 Å². The Morgan fingerprint density at radius 3 is 2.40 bits per heavy atom. The topological polar surface area (TPSA) is 44.8 Å². The summed E-state index contributed by atoms with van der Waals surface area (Å²) < 4.78 is 26.7. The molecule has 0 amide bonds. The van der Waals surface area contributed by atoms with E-state index in [1.807, 2.05) is 19.1 Å². The molecule has 15 heavy (non-hydrogen) atoms. The van der Waals surface area contributed by atoms with Crippen LogP contribution in [0.25, 0.3) is 0 Å². The Kier molecular flexibility index (Phi) is 3.93. The van der Waals surface area contributed by atoms with Crippen LogP contribution < -0.4 is 4.52 Å². The Labute approximate surface area is 99.3 Å². The number of benzene rings is 1. The van der Waals surface area contributed by atoms with Crippen LogP contribution in [0.2, 0.25) is 0 Å². The Balaban J connectivity index is 2.07. The summed E-state index contributed by atoms with van der Waals surface area (Å²) >= 11 is 1.98. The second kappa shape index (κ2) is 5.03. The van der Waals surface area contributed by atoms with Crippen molar-refractivity contribution in [3.05, 3.63) is 29.8 Å². The van der Waals surface area contributed by atoms with E-state index in [2.05, 4.69) is 0 Å². The van der Waals surface area contributed by atoms with Crippen molar-refractivity contribution in [2.24, 2.45) is 0 Å². The first-order chi connectivity index (χ1) is 7.18. The van der Waals surface area contributed by atoms with E-state index in [-0.39, 0.29) is 0 Å². The average molecular weight is 282 g/mol. The van der Waals surface area contributed by atoms with E-state index >= 15 is 0 Å². The first-order valence-corrected chi connectivity index (χ1v) is 8.72. The largest absolute Gasteiger partial charge is 0.554 e. The highest BCUT2D eigenvalue weighted by molar-refractivity contribution is 9.08. The van der Waals surface area contributed by atoms with Crippen molar-refractivity contribution in [2.45, 2.75) is 6.92 Å². The van der Waals surface area contributed by atoms with Crippen LogP contribution in [0, 0.1) is 6.92 Å². The molecule has 0 aromatic heterocycles. The summed E-state index contributed by atoms with van der Waals surface area (Å²) in [6.07, 6.45) is 0. The molecule has 1 aliphatic heterocycles. The molecule has 0 saturated carbocycles. The van der Waals surface area contributed by atoms with E-state index in [0.717, 1.165) is 27.7 Å². The molecule has 1 aliphatic rings. The predicted octanol–water partition coefficient (Wildman–Crippen LogP) is 4.39. The normalized spacial score (nSPS) is 19.8. The molecule has 0 radical (unpaired) electrons. The van der Waals surface area contributed by atoms with E-state index in [1.54, 1.807) is 12.1 Å². The third kappa shape index (κ3) is 3.34. The van der Waals surface area contributed by atoms with Crippen molar-refractivity contribution in [2.75, 3.05) is 0 Å². The summed E-state index contributed by atoms with van der Waals surface area (Å²) in [7, 11) is -2.20. The Bertz CT molecular complexity index is 372. The zero-order valence-electron chi connectivity index (χ0n) is 7.61. The number of hydrogen-bond acceptors (Lipinski definition) is 7. The Morgan fingerprint density at radius 1 is 1.20 bits per heavy atom. The minimum atomic E-state index is -3.45. The summed E-state index contributed by atoms with van der Waals surface area (Å²) in [5, 5.41) is 0. The molecular weight excluding hydrogens is 275 g/mol. The van der Waals surface area contributed by atoms with Gasteiger partial charge >= 0.3 is 7.82 Å². The maximum Gasteiger partial charge on any atom is 0.554 e. The third-order valence-corrected chi connectivity index (χ3v) is 6.46. The van der Waals surface area contributed by atoms with Gasteiger partial charge in [0.15, 0.2) is 0 Å². The van der Waals surface area contributed by atoms with Crippen molar-refractivity contribution in [3.63, 3.8) is 0 Å². The zero-order valence-corrected chi connectivity index (χ0v) is 11.0. The fourth-order valence-corrected chi connectivity index (χ4v) is 6.05. The van der Waals surface area contributed by atoms with Gasteiger partial charge in [0.2, 0.25) is 0 Å². The molecule has 0 bridgehead atoms. The van der Waals surface area contributed by atoms with Crippen molar-refractivity contribution in [1.82, 2.24) is 0 Å². The molecule has 1 aromatic carbocycles. The number of aryl methyl sites for hydroxylation is 1. The lowest BCUT2D eigenvalue weighted by Crippen LogP contribution is -1.96. The SMILES string of the molecule is Cc1ccc(OP2(=O)OSSSO2)cc1. The molecule has 1 heterocycles. The molecule has 1 saturated heterocycles. The van der Waals surface area contributed by atoms with E-state index in [1.165, 1.54) is 9.83 Å². The molecular formula is C7H7O4PS3. The molecule has 2 rings (SSSR count). The molecule has 8 heteroatoms. The maximum absolute atomic E-state index is 11.8. The van der Waals surface area contributed by atoms with E-state index in [9.17, 15) is 4.57 Å². The Morgan fingerprint density at radius 2 is 1.80 bits per heavy atom. The smallest absolute Gasteiger partial charge is 0.403 e. The minimum Gasteiger partial charge on any atom is -0.403 e. The lowest BCUT2D eigenvalue weighted by Gasteiger charge is -2.18. The number of rotatable bonds is 2. The standard InChI is InChI=1S/C7H7O4PS3/c1-6-2-4-7(5-3-6)9-12(8)10-13-15-14-11-12/h2-5H,1H3. The second-order valence-electron chi connectivity index (χ2n) is 2.70. The zero-order chi connectivity index (χ0) is 10.7. The highest BCUT2D eigenvalue weighted by atomic mass is 33.5. The maximum atomic E-state index is 11.8. The van der Waals surface area contributed by atoms with Crippen molar-refractivity contribution in [1.29, 1.82) is 0 Å². The van der Waals surface area contributed by atoms with E-state index < -0.39 is 7.82 Å². The molecule has 4 nitrogen and oxygen atoms in total. The number of hydrogen-bond donors (Lipinski definition) is 0. The van der Waals surface area contributed by atoms with Gasteiger partial charge in [0.25, 0.3) is 0 Å². The Hall–Kier alpha value is 0.220. The lowest BCUT2D eigenvalue weighted by atomic mass is 10.2. The van der Waals surface area contributed by atoms with Gasteiger partial charge in [-0.2, -0.15) is 7.94 Å². The van der Waals surface area contributed by atoms with Crippen LogP contribution in [0.1, 0.15) is 5.56 Å². The number of phosphoric acid groups is 1. The first-order valence-electron chi connectivity index (χ1n) is 3.92. The van der Waals surface area contributed by atoms with Gasteiger partial charge < -0.3 is 4.52 Å². The average Bonchev–Trinajstić information content (AvgIpc) is 2.22. The van der Waals surface area contributed by atoms with Crippen LogP contribution in [-0.2, 0) is 12.5 Å². The van der Waals surface area contributed by atoms with Crippen molar-refractivity contribution < 1.29 is 17.0 Å². The van der Waals surface area contributed by atoms with E-state index in [0.29, 0.717) is 5.75 Å². The molecule has 0 aliphatic carbocycles. The van der Waals surface area contributed by atoms with Crippen LogP contribution in [0.5, 0.6) is 5.75 Å². The third-order valence-electron chi connectivity index (χ3n) is 1.54. The van der Waals surface area contributed by atoms with Crippen molar-refractivity contribution in [3.8, 4) is 5.75 Å². The summed E-state index contributed by atoms with van der Waals surface area (Å²) in [4.78, 5) is 0.